The summed E-state index contributed by atoms with van der Waals surface area (Å²) in [7, 11) is 12.9. The Morgan fingerprint density at radius 2 is 2.00 bits per heavy atom. The number of amides is 2. The third-order valence-electron chi connectivity index (χ3n) is 3.10. The molecule has 0 saturated carbocycles. The summed E-state index contributed by atoms with van der Waals surface area (Å²) in [6, 6.07) is 0. The molecule has 1 unspecified atom stereocenters. The molecule has 0 bridgehead atoms. The van der Waals surface area contributed by atoms with Crippen molar-refractivity contribution in [1.29, 1.82) is 0 Å². The zero-order valence-electron chi connectivity index (χ0n) is 13.1. The predicted molar refractivity (Wildman–Crippen MR) is 91.1 cm³/mol. The minimum absolute atomic E-state index is 0.0481. The molecule has 1 saturated heterocycles. The van der Waals surface area contributed by atoms with Crippen LogP contribution in [-0.4, -0.2) is 45.5 Å². The van der Waals surface area contributed by atoms with Crippen molar-refractivity contribution in [1.82, 2.24) is 10.6 Å². The summed E-state index contributed by atoms with van der Waals surface area (Å²) in [5.41, 5.74) is 0.713. The SMILES string of the molecule is CNC(=O)C1=CC=C[N-]C1.CNC(=O)C1CCC[N-]C1.[Cl][Pd][Cl]. The zero-order chi connectivity index (χ0) is 17.5. The van der Waals surface area contributed by atoms with Crippen molar-refractivity contribution in [2.24, 2.45) is 5.92 Å². The Morgan fingerprint density at radius 1 is 1.30 bits per heavy atom. The number of nitrogens with one attached hydrogen (secondary N) is 2. The van der Waals surface area contributed by atoms with E-state index in [2.05, 4.69) is 21.3 Å². The maximum absolute atomic E-state index is 11.0. The molecule has 0 aromatic rings. The van der Waals surface area contributed by atoms with Crippen LogP contribution in [0.2, 0.25) is 0 Å². The minimum atomic E-state index is -0.106. The first kappa shape index (κ1) is 22.4. The van der Waals surface area contributed by atoms with E-state index in [0.717, 1.165) is 25.9 Å². The fourth-order valence-electron chi connectivity index (χ4n) is 1.94. The fraction of sp³-hybridized carbons (Fsp3) is 0.571. The first-order valence-electron chi connectivity index (χ1n) is 7.02. The number of allylic oxidation sites excluding steroid dienone is 2. The van der Waals surface area contributed by atoms with Gasteiger partial charge in [-0.1, -0.05) is 25.1 Å². The van der Waals surface area contributed by atoms with Gasteiger partial charge in [0.05, 0.1) is 0 Å². The average molecular weight is 456 g/mol. The van der Waals surface area contributed by atoms with Gasteiger partial charge in [-0.25, -0.2) is 0 Å². The number of hydrogen-bond donors (Lipinski definition) is 2. The Kier molecular flexibility index (Phi) is 14.6. The molecule has 0 aromatic heterocycles. The van der Waals surface area contributed by atoms with E-state index in [4.69, 9.17) is 19.1 Å². The van der Waals surface area contributed by atoms with Gasteiger partial charge in [0.15, 0.2) is 0 Å². The molecule has 136 valence electrons. The van der Waals surface area contributed by atoms with E-state index in [1.807, 2.05) is 0 Å². The maximum atomic E-state index is 11.0. The van der Waals surface area contributed by atoms with E-state index in [0.29, 0.717) is 12.1 Å². The Balaban J connectivity index is 0.000000360. The van der Waals surface area contributed by atoms with Gasteiger partial charge in [0.1, 0.15) is 0 Å². The molecule has 2 rings (SSSR count). The van der Waals surface area contributed by atoms with Crippen LogP contribution in [0.25, 0.3) is 10.6 Å². The van der Waals surface area contributed by atoms with Crippen LogP contribution in [0.4, 0.5) is 0 Å². The van der Waals surface area contributed by atoms with Crippen molar-refractivity contribution in [3.8, 4) is 0 Å². The van der Waals surface area contributed by atoms with Gasteiger partial charge in [-0.3, -0.25) is 9.59 Å². The Bertz CT molecular complexity index is 414. The molecule has 2 amide bonds. The third-order valence-corrected chi connectivity index (χ3v) is 3.10. The van der Waals surface area contributed by atoms with Gasteiger partial charge in [-0.05, 0) is 12.0 Å². The van der Waals surface area contributed by atoms with Crippen LogP contribution in [0.1, 0.15) is 12.8 Å². The predicted octanol–water partition coefficient (Wildman–Crippen LogP) is 2.45. The fourth-order valence-corrected chi connectivity index (χ4v) is 1.94. The zero-order valence-corrected chi connectivity index (χ0v) is 16.2. The van der Waals surface area contributed by atoms with Gasteiger partial charge in [0.25, 0.3) is 0 Å². The van der Waals surface area contributed by atoms with Crippen LogP contribution in [0.15, 0.2) is 23.9 Å². The topological polar surface area (TPSA) is 86.4 Å². The molecule has 0 aliphatic carbocycles. The van der Waals surface area contributed by atoms with Crippen LogP contribution in [0, 0.1) is 5.92 Å². The van der Waals surface area contributed by atoms with Crippen molar-refractivity contribution in [3.05, 3.63) is 34.6 Å². The molecule has 2 N–H and O–H groups in total. The third kappa shape index (κ3) is 10.7. The summed E-state index contributed by atoms with van der Waals surface area (Å²) >= 11 is -0.106. The van der Waals surface area contributed by atoms with Gasteiger partial charge in [-0.15, -0.1) is 13.1 Å². The molecule has 0 aromatic carbocycles. The molecule has 2 aliphatic heterocycles. The molecule has 1 atom stereocenters. The summed E-state index contributed by atoms with van der Waals surface area (Å²) < 4.78 is 0. The number of carbonyl (C=O) groups is 2. The summed E-state index contributed by atoms with van der Waals surface area (Å²) in [5.74, 6) is 0.246. The van der Waals surface area contributed by atoms with Crippen LogP contribution >= 0.6 is 19.1 Å². The monoisotopic (exact) mass is 454 g/mol. The normalized spacial score (nSPS) is 19.0. The van der Waals surface area contributed by atoms with E-state index in [9.17, 15) is 9.59 Å². The Hall–Kier alpha value is -0.578. The van der Waals surface area contributed by atoms with Crippen molar-refractivity contribution in [2.75, 3.05) is 33.7 Å². The van der Waals surface area contributed by atoms with Crippen molar-refractivity contribution in [2.45, 2.75) is 12.8 Å². The van der Waals surface area contributed by atoms with E-state index in [1.54, 1.807) is 32.4 Å². The van der Waals surface area contributed by atoms with E-state index in [1.165, 1.54) is 0 Å². The first-order valence-corrected chi connectivity index (χ1v) is 11.0. The van der Waals surface area contributed by atoms with Gasteiger partial charge in [0, 0.05) is 20.0 Å². The molecule has 23 heavy (non-hydrogen) atoms. The number of likely N-dealkylation sites (N-methyl/N-ethyl adjacent to an activating group) is 1. The average Bonchev–Trinajstić information content (AvgIpc) is 2.63. The number of rotatable bonds is 2. The van der Waals surface area contributed by atoms with Gasteiger partial charge < -0.3 is 21.3 Å². The first-order chi connectivity index (χ1) is 11.1. The van der Waals surface area contributed by atoms with Crippen molar-refractivity contribution >= 4 is 30.9 Å². The summed E-state index contributed by atoms with van der Waals surface area (Å²) in [6.45, 7) is 2.16. The summed E-state index contributed by atoms with van der Waals surface area (Å²) in [6.07, 6.45) is 7.29. The van der Waals surface area contributed by atoms with Crippen LogP contribution in [0.3, 0.4) is 0 Å². The second kappa shape index (κ2) is 15.0. The molecule has 6 nitrogen and oxygen atoms in total. The molecular weight excluding hydrogens is 434 g/mol. The summed E-state index contributed by atoms with van der Waals surface area (Å²) in [4.78, 5) is 21.9. The van der Waals surface area contributed by atoms with Gasteiger partial charge in [-0.2, -0.15) is 6.20 Å². The molecule has 0 spiro atoms. The second-order valence-electron chi connectivity index (χ2n) is 4.58. The van der Waals surface area contributed by atoms with Crippen molar-refractivity contribution in [3.63, 3.8) is 0 Å². The quantitative estimate of drug-likeness (QED) is 0.627. The standard InChI is InChI=1S/C7H13N2O.C7H10N2O.2ClH.Pd/c2*1-8-7(10)6-3-2-4-9-5-6;;;/h6H,2-5H2,1H3,(H,8,10);2-4H,5H2,1H3,(H2,8,9,10);2*1H;/q-1;;;;+2/p-3. The van der Waals surface area contributed by atoms with E-state index >= 15 is 0 Å². The summed E-state index contributed by atoms with van der Waals surface area (Å²) in [5, 5.41) is 13.3. The Morgan fingerprint density at radius 3 is 2.43 bits per heavy atom. The van der Waals surface area contributed by atoms with Crippen LogP contribution < -0.4 is 10.6 Å². The second-order valence-corrected chi connectivity index (χ2v) is 6.94. The van der Waals surface area contributed by atoms with Crippen molar-refractivity contribution < 1.29 is 25.5 Å². The molecule has 9 heteroatoms. The number of carbonyl (C=O) groups excluding carboxylic acids is 2. The number of halogens is 2. The van der Waals surface area contributed by atoms with E-state index in [-0.39, 0.29) is 33.7 Å². The Labute approximate surface area is 153 Å². The number of hydrogen-bond acceptors (Lipinski definition) is 2. The van der Waals surface area contributed by atoms with Gasteiger partial charge in [0.2, 0.25) is 11.8 Å². The molecule has 1 fully saturated rings. The van der Waals surface area contributed by atoms with Gasteiger partial charge >= 0.3 is 35.0 Å². The number of nitrogens with zero attached hydrogens (tertiary/aromatic N) is 2. The van der Waals surface area contributed by atoms with Crippen LogP contribution in [-0.2, 0) is 25.5 Å². The number of piperidine rings is 1. The molecule has 0 radical (unpaired) electrons. The van der Waals surface area contributed by atoms with E-state index < -0.39 is 0 Å². The molecule has 2 aliphatic rings. The molecule has 2 heterocycles. The molecular formula is C14H22Cl2N4O2Pd-2. The van der Waals surface area contributed by atoms with Crippen LogP contribution in [0.5, 0.6) is 0 Å².